The van der Waals surface area contributed by atoms with Crippen LogP contribution in [0.2, 0.25) is 0 Å². The molecule has 0 radical (unpaired) electrons. The van der Waals surface area contributed by atoms with Crippen LogP contribution in [0.15, 0.2) is 47.3 Å². The van der Waals surface area contributed by atoms with Crippen molar-refractivity contribution in [1.29, 1.82) is 0 Å². The number of hydrogen-bond acceptors (Lipinski definition) is 4. The van der Waals surface area contributed by atoms with E-state index in [1.165, 1.54) is 12.8 Å². The van der Waals surface area contributed by atoms with Gasteiger partial charge in [0.15, 0.2) is 0 Å². The molecular formula is C20H25N3O2. The molecule has 5 heteroatoms. The van der Waals surface area contributed by atoms with Gasteiger partial charge >= 0.3 is 0 Å². The van der Waals surface area contributed by atoms with Crippen molar-refractivity contribution < 1.29 is 9.21 Å². The van der Waals surface area contributed by atoms with Crippen molar-refractivity contribution in [3.05, 3.63) is 54.2 Å². The summed E-state index contributed by atoms with van der Waals surface area (Å²) in [5, 5.41) is 0. The van der Waals surface area contributed by atoms with Crippen molar-refractivity contribution >= 4 is 5.91 Å². The molecule has 0 N–H and O–H groups in total. The lowest BCUT2D eigenvalue weighted by Gasteiger charge is -2.40. The summed E-state index contributed by atoms with van der Waals surface area (Å²) >= 11 is 0. The Morgan fingerprint density at radius 3 is 2.96 bits per heavy atom. The van der Waals surface area contributed by atoms with E-state index in [1.807, 2.05) is 24.3 Å². The van der Waals surface area contributed by atoms with Gasteiger partial charge in [0, 0.05) is 37.4 Å². The lowest BCUT2D eigenvalue weighted by molar-refractivity contribution is -0.133. The highest BCUT2D eigenvalue weighted by Gasteiger charge is 2.42. The van der Waals surface area contributed by atoms with E-state index in [-0.39, 0.29) is 11.3 Å². The van der Waals surface area contributed by atoms with Gasteiger partial charge in [-0.25, -0.2) is 0 Å². The molecule has 0 saturated carbocycles. The third-order valence-corrected chi connectivity index (χ3v) is 5.57. The van der Waals surface area contributed by atoms with Crippen LogP contribution in [0.3, 0.4) is 0 Å². The molecule has 4 heterocycles. The second-order valence-electron chi connectivity index (χ2n) is 7.50. The van der Waals surface area contributed by atoms with E-state index in [0.717, 1.165) is 50.5 Å². The van der Waals surface area contributed by atoms with Gasteiger partial charge in [0.05, 0.1) is 19.2 Å². The van der Waals surface area contributed by atoms with E-state index in [9.17, 15) is 4.79 Å². The molecule has 2 saturated heterocycles. The number of carbonyl (C=O) groups excluding carboxylic acids is 1. The maximum Gasteiger partial charge on any atom is 0.227 e. The first kappa shape index (κ1) is 16.3. The molecule has 1 unspecified atom stereocenters. The fourth-order valence-electron chi connectivity index (χ4n) is 4.33. The highest BCUT2D eigenvalue weighted by molar-refractivity contribution is 5.78. The molecule has 2 fully saturated rings. The van der Waals surface area contributed by atoms with E-state index in [0.29, 0.717) is 6.42 Å². The van der Waals surface area contributed by atoms with Gasteiger partial charge in [0.1, 0.15) is 5.76 Å². The smallest absolute Gasteiger partial charge is 0.227 e. The summed E-state index contributed by atoms with van der Waals surface area (Å²) in [5.41, 5.74) is 1.26. The number of amides is 1. The average Bonchev–Trinajstić information content (AvgIpc) is 3.27. The minimum absolute atomic E-state index is 0.233. The number of furan rings is 1. The fraction of sp³-hybridized carbons (Fsp3) is 0.500. The van der Waals surface area contributed by atoms with Crippen LogP contribution in [0, 0.1) is 5.41 Å². The van der Waals surface area contributed by atoms with Crippen molar-refractivity contribution in [3.8, 4) is 0 Å². The SMILES string of the molecule is O=C(Cc1cccnc1)N1CCCC2(CCN(Cc3ccco3)C2)C1. The molecular weight excluding hydrogens is 314 g/mol. The monoisotopic (exact) mass is 339 g/mol. The topological polar surface area (TPSA) is 49.6 Å². The van der Waals surface area contributed by atoms with Crippen LogP contribution in [0.5, 0.6) is 0 Å². The van der Waals surface area contributed by atoms with Gasteiger partial charge in [0.2, 0.25) is 5.91 Å². The first-order valence-electron chi connectivity index (χ1n) is 9.14. The number of carbonyl (C=O) groups is 1. The summed E-state index contributed by atoms with van der Waals surface area (Å²) in [6, 6.07) is 7.85. The molecule has 2 aliphatic rings. The van der Waals surface area contributed by atoms with Gasteiger partial charge in [-0.15, -0.1) is 0 Å². The maximum absolute atomic E-state index is 12.7. The number of likely N-dealkylation sites (tertiary alicyclic amines) is 2. The second kappa shape index (κ2) is 7.00. The van der Waals surface area contributed by atoms with E-state index < -0.39 is 0 Å². The van der Waals surface area contributed by atoms with Gasteiger partial charge in [-0.1, -0.05) is 6.07 Å². The molecule has 25 heavy (non-hydrogen) atoms. The predicted molar refractivity (Wildman–Crippen MR) is 94.8 cm³/mol. The third-order valence-electron chi connectivity index (χ3n) is 5.57. The molecule has 0 aliphatic carbocycles. The quantitative estimate of drug-likeness (QED) is 0.859. The summed E-state index contributed by atoms with van der Waals surface area (Å²) in [6.45, 7) is 4.80. The third kappa shape index (κ3) is 3.76. The number of pyridine rings is 1. The largest absolute Gasteiger partial charge is 0.468 e. The van der Waals surface area contributed by atoms with Gasteiger partial charge in [0.25, 0.3) is 0 Å². The van der Waals surface area contributed by atoms with Crippen LogP contribution in [0.1, 0.15) is 30.6 Å². The first-order chi connectivity index (χ1) is 12.2. The molecule has 1 atom stereocenters. The normalized spacial score (nSPS) is 24.1. The Balaban J connectivity index is 1.36. The molecule has 2 aliphatic heterocycles. The van der Waals surface area contributed by atoms with E-state index in [1.54, 1.807) is 18.7 Å². The minimum atomic E-state index is 0.233. The fourth-order valence-corrected chi connectivity index (χ4v) is 4.33. The van der Waals surface area contributed by atoms with Crippen molar-refractivity contribution in [2.24, 2.45) is 5.41 Å². The summed E-state index contributed by atoms with van der Waals surface area (Å²) in [4.78, 5) is 21.4. The van der Waals surface area contributed by atoms with Crippen LogP contribution in [-0.4, -0.2) is 46.9 Å². The number of nitrogens with zero attached hydrogens (tertiary/aromatic N) is 3. The summed E-state index contributed by atoms with van der Waals surface area (Å²) in [7, 11) is 0. The highest BCUT2D eigenvalue weighted by atomic mass is 16.3. The lowest BCUT2D eigenvalue weighted by Crippen LogP contribution is -2.47. The molecule has 0 bridgehead atoms. The minimum Gasteiger partial charge on any atom is -0.468 e. The van der Waals surface area contributed by atoms with Crippen molar-refractivity contribution in [2.45, 2.75) is 32.2 Å². The van der Waals surface area contributed by atoms with Gasteiger partial charge < -0.3 is 9.32 Å². The Morgan fingerprint density at radius 2 is 2.16 bits per heavy atom. The standard InChI is InChI=1S/C20H25N3O2/c24-19(12-17-4-1-8-21-13-17)23-9-3-6-20(16-23)7-10-22(15-20)14-18-5-2-11-25-18/h1-2,4-5,8,11,13H,3,6-7,9-10,12,14-16H2. The predicted octanol–water partition coefficient (Wildman–Crippen LogP) is 2.73. The van der Waals surface area contributed by atoms with E-state index in [4.69, 9.17) is 4.42 Å². The van der Waals surface area contributed by atoms with Crippen molar-refractivity contribution in [2.75, 3.05) is 26.2 Å². The van der Waals surface area contributed by atoms with Crippen molar-refractivity contribution in [3.63, 3.8) is 0 Å². The summed E-state index contributed by atoms with van der Waals surface area (Å²) in [6.07, 6.45) is 9.23. The zero-order valence-electron chi connectivity index (χ0n) is 14.6. The van der Waals surface area contributed by atoms with Crippen LogP contribution in [-0.2, 0) is 17.8 Å². The zero-order valence-corrected chi connectivity index (χ0v) is 14.6. The molecule has 1 spiro atoms. The molecule has 0 aromatic carbocycles. The Bertz CT molecular complexity index is 701. The summed E-state index contributed by atoms with van der Waals surface area (Å²) < 4.78 is 5.48. The molecule has 2 aromatic heterocycles. The van der Waals surface area contributed by atoms with Crippen molar-refractivity contribution in [1.82, 2.24) is 14.8 Å². The Hall–Kier alpha value is -2.14. The van der Waals surface area contributed by atoms with Gasteiger partial charge in [-0.3, -0.25) is 14.7 Å². The molecule has 5 nitrogen and oxygen atoms in total. The molecule has 1 amide bonds. The molecule has 2 aromatic rings. The van der Waals surface area contributed by atoms with Gasteiger partial charge in [-0.2, -0.15) is 0 Å². The lowest BCUT2D eigenvalue weighted by atomic mass is 9.79. The van der Waals surface area contributed by atoms with Crippen LogP contribution in [0.4, 0.5) is 0 Å². The van der Waals surface area contributed by atoms with Crippen LogP contribution >= 0.6 is 0 Å². The summed E-state index contributed by atoms with van der Waals surface area (Å²) in [5.74, 6) is 1.26. The number of hydrogen-bond donors (Lipinski definition) is 0. The van der Waals surface area contributed by atoms with E-state index >= 15 is 0 Å². The first-order valence-corrected chi connectivity index (χ1v) is 9.14. The number of aromatic nitrogens is 1. The zero-order chi connectivity index (χ0) is 17.1. The second-order valence-corrected chi connectivity index (χ2v) is 7.50. The maximum atomic E-state index is 12.7. The Labute approximate surface area is 148 Å². The molecule has 132 valence electrons. The average molecular weight is 339 g/mol. The molecule has 4 rings (SSSR count). The number of rotatable bonds is 4. The van der Waals surface area contributed by atoms with Gasteiger partial charge in [-0.05, 0) is 49.6 Å². The van der Waals surface area contributed by atoms with Crippen LogP contribution in [0.25, 0.3) is 0 Å². The Kier molecular flexibility index (Phi) is 4.57. The number of piperidine rings is 1. The van der Waals surface area contributed by atoms with E-state index in [2.05, 4.69) is 14.8 Å². The Morgan fingerprint density at radius 1 is 1.20 bits per heavy atom. The van der Waals surface area contributed by atoms with Crippen LogP contribution < -0.4 is 0 Å². The highest BCUT2D eigenvalue weighted by Crippen LogP contribution is 2.39.